The van der Waals surface area contributed by atoms with Crippen molar-refractivity contribution in [2.24, 2.45) is 0 Å². The van der Waals surface area contributed by atoms with Crippen molar-refractivity contribution < 1.29 is 14.3 Å². The van der Waals surface area contributed by atoms with E-state index in [2.05, 4.69) is 27.1 Å². The molecule has 0 radical (unpaired) electrons. The summed E-state index contributed by atoms with van der Waals surface area (Å²) in [5.41, 5.74) is 1.08. The number of aryl methyl sites for hydroxylation is 1. The molecule has 3 heterocycles. The molecular weight excluding hydrogens is 446 g/mol. The van der Waals surface area contributed by atoms with Crippen LogP contribution in [0.2, 0.25) is 5.02 Å². The van der Waals surface area contributed by atoms with Gasteiger partial charge in [0.2, 0.25) is 0 Å². The van der Waals surface area contributed by atoms with Crippen LogP contribution < -0.4 is 14.8 Å². The van der Waals surface area contributed by atoms with Gasteiger partial charge >= 0.3 is 0 Å². The minimum atomic E-state index is -0.349. The number of fused-ring (bicyclic) bond motifs is 1. The summed E-state index contributed by atoms with van der Waals surface area (Å²) < 4.78 is 13.6. The summed E-state index contributed by atoms with van der Waals surface area (Å²) in [4.78, 5) is 18.1. The Kier molecular flexibility index (Phi) is 5.89. The van der Waals surface area contributed by atoms with Crippen LogP contribution in [0.3, 0.4) is 0 Å². The van der Waals surface area contributed by atoms with Crippen molar-refractivity contribution in [3.63, 3.8) is 0 Å². The highest BCUT2D eigenvalue weighted by molar-refractivity contribution is 7.71. The Bertz CT molecular complexity index is 1180. The number of halogens is 1. The second-order valence-electron chi connectivity index (χ2n) is 6.48. The molecule has 0 unspecified atom stereocenters. The zero-order valence-electron chi connectivity index (χ0n) is 16.0. The quantitative estimate of drug-likeness (QED) is 0.423. The molecule has 156 valence electrons. The maximum Gasteiger partial charge on any atom is 0.257 e. The smallest absolute Gasteiger partial charge is 0.257 e. The van der Waals surface area contributed by atoms with E-state index in [9.17, 15) is 4.79 Å². The fourth-order valence-electron chi connectivity index (χ4n) is 2.98. The number of aromatic nitrogens is 4. The third-order valence-electron chi connectivity index (χ3n) is 4.35. The number of amides is 1. The molecule has 2 N–H and O–H groups in total. The van der Waals surface area contributed by atoms with Gasteiger partial charge in [-0.2, -0.15) is 5.10 Å². The van der Waals surface area contributed by atoms with E-state index in [0.717, 1.165) is 17.0 Å². The van der Waals surface area contributed by atoms with Crippen molar-refractivity contribution in [2.45, 2.75) is 19.9 Å². The summed E-state index contributed by atoms with van der Waals surface area (Å²) in [6.45, 7) is 7.13. The molecule has 1 amide bonds. The molecule has 0 fully saturated rings. The molecule has 1 aliphatic heterocycles. The van der Waals surface area contributed by atoms with Crippen LogP contribution in [0.4, 0.5) is 5.13 Å². The molecular formula is C19H18ClN5O3S2. The number of nitrogens with one attached hydrogen (secondary N) is 2. The molecule has 30 heavy (non-hydrogen) atoms. The van der Waals surface area contributed by atoms with Gasteiger partial charge < -0.3 is 9.47 Å². The number of hydrogen-bond donors (Lipinski definition) is 2. The molecule has 11 heteroatoms. The first-order chi connectivity index (χ1) is 14.5. The highest BCUT2D eigenvalue weighted by atomic mass is 35.5. The van der Waals surface area contributed by atoms with E-state index in [4.69, 9.17) is 33.3 Å². The number of benzene rings is 1. The van der Waals surface area contributed by atoms with Gasteiger partial charge in [0.1, 0.15) is 0 Å². The molecule has 2 aromatic heterocycles. The molecule has 1 aromatic carbocycles. The van der Waals surface area contributed by atoms with E-state index in [0.29, 0.717) is 57.6 Å². The van der Waals surface area contributed by atoms with Crippen LogP contribution in [0.15, 0.2) is 24.8 Å². The van der Waals surface area contributed by atoms with Crippen LogP contribution in [0.25, 0.3) is 10.7 Å². The number of thiazole rings is 1. The molecule has 0 atom stereocenters. The lowest BCUT2D eigenvalue weighted by atomic mass is 10.2. The summed E-state index contributed by atoms with van der Waals surface area (Å²) >= 11 is 12.9. The van der Waals surface area contributed by atoms with Crippen molar-refractivity contribution in [1.29, 1.82) is 0 Å². The number of allylic oxidation sites excluding steroid dienone is 1. The minimum absolute atomic E-state index is 0.329. The maximum atomic E-state index is 12.8. The Morgan fingerprint density at radius 3 is 3.07 bits per heavy atom. The molecule has 0 spiro atoms. The monoisotopic (exact) mass is 463 g/mol. The summed E-state index contributed by atoms with van der Waals surface area (Å²) in [5, 5.41) is 10.7. The average molecular weight is 464 g/mol. The first-order valence-corrected chi connectivity index (χ1v) is 10.7. The fourth-order valence-corrected chi connectivity index (χ4v) is 4.41. The lowest BCUT2D eigenvalue weighted by Crippen LogP contribution is -2.12. The first kappa shape index (κ1) is 20.6. The normalized spacial score (nSPS) is 13.0. The fraction of sp³-hybridized carbons (Fsp3) is 0.263. The number of hydrogen-bond acceptors (Lipinski definition) is 7. The maximum absolute atomic E-state index is 12.8. The van der Waals surface area contributed by atoms with E-state index in [1.807, 2.05) is 11.5 Å². The number of ether oxygens (including phenoxy) is 2. The van der Waals surface area contributed by atoms with Crippen LogP contribution in [0.5, 0.6) is 11.5 Å². The SMILES string of the molecule is C=CCn1c(-c2sc(NC(=O)c3cc(Cl)c4c(c3)OCCCO4)nc2C)n[nH]c1=S. The summed E-state index contributed by atoms with van der Waals surface area (Å²) in [6.07, 6.45) is 2.49. The third kappa shape index (κ3) is 3.98. The van der Waals surface area contributed by atoms with Crippen molar-refractivity contribution in [2.75, 3.05) is 18.5 Å². The van der Waals surface area contributed by atoms with E-state index >= 15 is 0 Å². The van der Waals surface area contributed by atoms with Crippen molar-refractivity contribution in [3.8, 4) is 22.2 Å². The van der Waals surface area contributed by atoms with E-state index in [1.165, 1.54) is 11.3 Å². The summed E-state index contributed by atoms with van der Waals surface area (Å²) in [7, 11) is 0. The number of anilines is 1. The van der Waals surface area contributed by atoms with Crippen molar-refractivity contribution in [3.05, 3.63) is 45.8 Å². The zero-order chi connectivity index (χ0) is 21.3. The Balaban J connectivity index is 1.60. The molecule has 0 aliphatic carbocycles. The second kappa shape index (κ2) is 8.58. The van der Waals surface area contributed by atoms with Crippen LogP contribution in [-0.2, 0) is 6.54 Å². The zero-order valence-corrected chi connectivity index (χ0v) is 18.4. The highest BCUT2D eigenvalue weighted by Crippen LogP contribution is 2.38. The van der Waals surface area contributed by atoms with E-state index in [1.54, 1.807) is 18.2 Å². The Hall–Kier alpha value is -2.69. The van der Waals surface area contributed by atoms with Crippen LogP contribution in [0.1, 0.15) is 22.5 Å². The molecule has 3 aromatic rings. The van der Waals surface area contributed by atoms with Gasteiger partial charge in [0.25, 0.3) is 5.91 Å². The van der Waals surface area contributed by atoms with Gasteiger partial charge in [0.15, 0.2) is 27.2 Å². The summed E-state index contributed by atoms with van der Waals surface area (Å²) in [6, 6.07) is 3.18. The molecule has 8 nitrogen and oxygen atoms in total. The van der Waals surface area contributed by atoms with Crippen LogP contribution in [0, 0.1) is 11.7 Å². The van der Waals surface area contributed by atoms with Crippen molar-refractivity contribution in [1.82, 2.24) is 19.7 Å². The Morgan fingerprint density at radius 1 is 1.47 bits per heavy atom. The number of rotatable bonds is 5. The van der Waals surface area contributed by atoms with Gasteiger partial charge in [-0.25, -0.2) is 4.98 Å². The van der Waals surface area contributed by atoms with Gasteiger partial charge in [-0.05, 0) is 31.3 Å². The number of nitrogens with zero attached hydrogens (tertiary/aromatic N) is 3. The van der Waals surface area contributed by atoms with Gasteiger partial charge in [-0.1, -0.05) is 29.0 Å². The second-order valence-corrected chi connectivity index (χ2v) is 8.27. The number of aromatic amines is 1. The van der Waals surface area contributed by atoms with Gasteiger partial charge in [0.05, 0.1) is 28.8 Å². The lowest BCUT2D eigenvalue weighted by molar-refractivity contribution is 0.102. The number of carbonyl (C=O) groups is 1. The summed E-state index contributed by atoms with van der Waals surface area (Å²) in [5.74, 6) is 1.22. The topological polar surface area (TPSA) is 94.1 Å². The largest absolute Gasteiger partial charge is 0.489 e. The number of carbonyl (C=O) groups excluding carboxylic acids is 1. The predicted molar refractivity (Wildman–Crippen MR) is 118 cm³/mol. The first-order valence-electron chi connectivity index (χ1n) is 9.12. The third-order valence-corrected chi connectivity index (χ3v) is 6.02. The minimum Gasteiger partial charge on any atom is -0.489 e. The average Bonchev–Trinajstić information content (AvgIpc) is 3.14. The van der Waals surface area contributed by atoms with Crippen molar-refractivity contribution >= 4 is 46.2 Å². The van der Waals surface area contributed by atoms with Crippen LogP contribution >= 0.6 is 35.2 Å². The molecule has 4 rings (SSSR count). The number of H-pyrrole nitrogens is 1. The lowest BCUT2D eigenvalue weighted by Gasteiger charge is -2.11. The molecule has 1 aliphatic rings. The Labute approximate surface area is 186 Å². The Morgan fingerprint density at radius 2 is 2.27 bits per heavy atom. The van der Waals surface area contributed by atoms with E-state index in [-0.39, 0.29) is 5.91 Å². The van der Waals surface area contributed by atoms with E-state index < -0.39 is 0 Å². The predicted octanol–water partition coefficient (Wildman–Crippen LogP) is 4.63. The van der Waals surface area contributed by atoms with Crippen LogP contribution in [-0.4, -0.2) is 38.9 Å². The molecule has 0 saturated heterocycles. The van der Waals surface area contributed by atoms with Gasteiger partial charge in [-0.3, -0.25) is 19.8 Å². The highest BCUT2D eigenvalue weighted by Gasteiger charge is 2.21. The van der Waals surface area contributed by atoms with Gasteiger partial charge in [-0.15, -0.1) is 6.58 Å². The molecule has 0 saturated carbocycles. The van der Waals surface area contributed by atoms with Gasteiger partial charge in [0, 0.05) is 18.5 Å². The standard InChI is InChI=1S/C19H18ClN5O3S2/c1-3-5-25-16(23-24-19(25)29)15-10(2)21-18(30-15)22-17(26)11-8-12(20)14-13(9-11)27-6-4-7-28-14/h3,8-9H,1,4-7H2,2H3,(H,24,29)(H,21,22,26). The molecule has 0 bridgehead atoms.